The van der Waals surface area contributed by atoms with Gasteiger partial charge in [-0.3, -0.25) is 0 Å². The van der Waals surface area contributed by atoms with Crippen LogP contribution in [0.1, 0.15) is 37.8 Å². The Bertz CT molecular complexity index is 390. The molecule has 0 bridgehead atoms. The van der Waals surface area contributed by atoms with E-state index in [1.54, 1.807) is 0 Å². The molecular formula is C15H24ClNO. The predicted octanol–water partition coefficient (Wildman–Crippen LogP) is 4.01. The van der Waals surface area contributed by atoms with Gasteiger partial charge in [0.1, 0.15) is 5.75 Å². The van der Waals surface area contributed by atoms with Crippen molar-refractivity contribution in [3.63, 3.8) is 0 Å². The van der Waals surface area contributed by atoms with Crippen molar-refractivity contribution in [3.8, 4) is 5.75 Å². The molecule has 2 nitrogen and oxygen atoms in total. The van der Waals surface area contributed by atoms with Crippen molar-refractivity contribution in [3.05, 3.63) is 28.3 Å². The van der Waals surface area contributed by atoms with E-state index in [-0.39, 0.29) is 0 Å². The Labute approximate surface area is 116 Å². The molecule has 0 aliphatic heterocycles. The minimum absolute atomic E-state index is 0.412. The van der Waals surface area contributed by atoms with Gasteiger partial charge in [0.05, 0.1) is 6.61 Å². The van der Waals surface area contributed by atoms with Gasteiger partial charge in [-0.05, 0) is 43.1 Å². The molecule has 0 heterocycles. The summed E-state index contributed by atoms with van der Waals surface area (Å²) < 4.78 is 5.90. The van der Waals surface area contributed by atoms with Gasteiger partial charge >= 0.3 is 0 Å². The lowest BCUT2D eigenvalue weighted by Gasteiger charge is -2.17. The highest BCUT2D eigenvalue weighted by Gasteiger charge is 2.11. The molecule has 0 aliphatic carbocycles. The molecule has 0 amide bonds. The lowest BCUT2D eigenvalue weighted by Crippen LogP contribution is -2.21. The van der Waals surface area contributed by atoms with Crippen LogP contribution in [0.2, 0.25) is 5.02 Å². The van der Waals surface area contributed by atoms with Crippen LogP contribution >= 0.6 is 11.6 Å². The number of hydrogen-bond donors (Lipinski definition) is 1. The first-order valence-corrected chi connectivity index (χ1v) is 6.91. The second-order valence-electron chi connectivity index (χ2n) is 5.27. The number of halogens is 1. The zero-order valence-corrected chi connectivity index (χ0v) is 12.8. The molecule has 0 fully saturated rings. The van der Waals surface area contributed by atoms with E-state index in [2.05, 4.69) is 32.2 Å². The molecule has 1 aromatic carbocycles. The summed E-state index contributed by atoms with van der Waals surface area (Å²) in [6.07, 6.45) is 0. The van der Waals surface area contributed by atoms with Crippen LogP contribution in [0.3, 0.4) is 0 Å². The first kappa shape index (κ1) is 15.3. The molecule has 0 aliphatic rings. The highest BCUT2D eigenvalue weighted by Crippen LogP contribution is 2.31. The molecule has 1 atom stereocenters. The zero-order chi connectivity index (χ0) is 13.7. The maximum atomic E-state index is 6.24. The van der Waals surface area contributed by atoms with Crippen LogP contribution in [0.15, 0.2) is 12.1 Å². The fourth-order valence-electron chi connectivity index (χ4n) is 1.91. The molecule has 0 aromatic heterocycles. The van der Waals surface area contributed by atoms with Crippen molar-refractivity contribution in [2.75, 3.05) is 20.2 Å². The third kappa shape index (κ3) is 4.18. The number of benzene rings is 1. The lowest BCUT2D eigenvalue weighted by molar-refractivity contribution is 0.256. The highest BCUT2D eigenvalue weighted by atomic mass is 35.5. The van der Waals surface area contributed by atoms with E-state index >= 15 is 0 Å². The summed E-state index contributed by atoms with van der Waals surface area (Å²) >= 11 is 6.24. The second kappa shape index (κ2) is 7.01. The van der Waals surface area contributed by atoms with Gasteiger partial charge in [0.2, 0.25) is 0 Å². The van der Waals surface area contributed by atoms with Crippen LogP contribution in [0, 0.1) is 12.8 Å². The van der Waals surface area contributed by atoms with E-state index in [1.165, 1.54) is 0 Å². The summed E-state index contributed by atoms with van der Waals surface area (Å²) in [4.78, 5) is 0. The quantitative estimate of drug-likeness (QED) is 0.843. The topological polar surface area (TPSA) is 21.3 Å². The predicted molar refractivity (Wildman–Crippen MR) is 78.9 cm³/mol. The molecule has 1 aromatic rings. The van der Waals surface area contributed by atoms with Crippen molar-refractivity contribution < 1.29 is 4.74 Å². The van der Waals surface area contributed by atoms with Gasteiger partial charge < -0.3 is 10.1 Å². The van der Waals surface area contributed by atoms with Gasteiger partial charge in [0.25, 0.3) is 0 Å². The molecule has 0 saturated carbocycles. The normalized spacial score (nSPS) is 12.8. The summed E-state index contributed by atoms with van der Waals surface area (Å²) in [5, 5.41) is 3.99. The molecule has 3 heteroatoms. The average molecular weight is 270 g/mol. The van der Waals surface area contributed by atoms with E-state index in [0.29, 0.717) is 11.8 Å². The van der Waals surface area contributed by atoms with E-state index < -0.39 is 0 Å². The Kier molecular flexibility index (Phi) is 5.97. The number of ether oxygens (including phenoxy) is 1. The van der Waals surface area contributed by atoms with Crippen LogP contribution < -0.4 is 10.1 Å². The number of aryl methyl sites for hydroxylation is 1. The van der Waals surface area contributed by atoms with Crippen LogP contribution in [0.5, 0.6) is 5.75 Å². The number of nitrogens with one attached hydrogen (secondary N) is 1. The van der Waals surface area contributed by atoms with Crippen molar-refractivity contribution in [1.82, 2.24) is 5.32 Å². The van der Waals surface area contributed by atoms with Crippen molar-refractivity contribution in [2.24, 2.45) is 5.92 Å². The smallest absolute Gasteiger partial charge is 0.122 e. The molecule has 102 valence electrons. The Morgan fingerprint density at radius 1 is 1.28 bits per heavy atom. The van der Waals surface area contributed by atoms with Gasteiger partial charge in [-0.15, -0.1) is 0 Å². The molecule has 18 heavy (non-hydrogen) atoms. The second-order valence-corrected chi connectivity index (χ2v) is 5.67. The number of hydrogen-bond acceptors (Lipinski definition) is 2. The summed E-state index contributed by atoms with van der Waals surface area (Å²) in [6.45, 7) is 10.2. The fourth-order valence-corrected chi connectivity index (χ4v) is 2.34. The minimum atomic E-state index is 0.412. The molecule has 1 rings (SSSR count). The van der Waals surface area contributed by atoms with Crippen molar-refractivity contribution >= 4 is 11.6 Å². The average Bonchev–Trinajstić information content (AvgIpc) is 2.27. The Balaban J connectivity index is 2.79. The summed E-state index contributed by atoms with van der Waals surface area (Å²) in [5.74, 6) is 1.86. The van der Waals surface area contributed by atoms with Crippen LogP contribution in [-0.4, -0.2) is 20.2 Å². The van der Waals surface area contributed by atoms with E-state index in [9.17, 15) is 0 Å². The van der Waals surface area contributed by atoms with Crippen LogP contribution in [-0.2, 0) is 0 Å². The summed E-state index contributed by atoms with van der Waals surface area (Å²) in [5.41, 5.74) is 2.25. The third-order valence-corrected chi connectivity index (χ3v) is 3.32. The van der Waals surface area contributed by atoms with E-state index in [4.69, 9.17) is 16.3 Å². The largest absolute Gasteiger partial charge is 0.493 e. The van der Waals surface area contributed by atoms with Crippen molar-refractivity contribution in [1.29, 1.82) is 0 Å². The van der Waals surface area contributed by atoms with Gasteiger partial charge in [-0.2, -0.15) is 0 Å². The Morgan fingerprint density at radius 3 is 2.50 bits per heavy atom. The molecule has 0 spiro atoms. The summed E-state index contributed by atoms with van der Waals surface area (Å²) in [6, 6.07) is 4.07. The number of rotatable bonds is 6. The monoisotopic (exact) mass is 269 g/mol. The summed E-state index contributed by atoms with van der Waals surface area (Å²) in [7, 11) is 1.96. The molecule has 0 radical (unpaired) electrons. The molecule has 0 saturated heterocycles. The SMILES string of the molecule is CNCC(C)COc1cc(C(C)C)c(Cl)cc1C. The fraction of sp³-hybridized carbons (Fsp3) is 0.600. The Morgan fingerprint density at radius 2 is 1.94 bits per heavy atom. The molecule has 1 N–H and O–H groups in total. The van der Waals surface area contributed by atoms with Gasteiger partial charge in [0.15, 0.2) is 0 Å². The van der Waals surface area contributed by atoms with Gasteiger partial charge in [-0.25, -0.2) is 0 Å². The van der Waals surface area contributed by atoms with Crippen LogP contribution in [0.4, 0.5) is 0 Å². The standard InChI is InChI=1S/C15H24ClNO/c1-10(2)13-7-15(12(4)6-14(13)16)18-9-11(3)8-17-5/h6-7,10-11,17H,8-9H2,1-5H3. The molecule has 1 unspecified atom stereocenters. The van der Waals surface area contributed by atoms with Crippen LogP contribution in [0.25, 0.3) is 0 Å². The van der Waals surface area contributed by atoms with E-state index in [0.717, 1.165) is 35.1 Å². The third-order valence-electron chi connectivity index (χ3n) is 2.99. The first-order chi connectivity index (χ1) is 8.45. The maximum absolute atomic E-state index is 6.24. The zero-order valence-electron chi connectivity index (χ0n) is 12.0. The Hall–Kier alpha value is -0.730. The van der Waals surface area contributed by atoms with Crippen molar-refractivity contribution in [2.45, 2.75) is 33.6 Å². The highest BCUT2D eigenvalue weighted by molar-refractivity contribution is 6.31. The van der Waals surface area contributed by atoms with E-state index in [1.807, 2.05) is 20.0 Å². The maximum Gasteiger partial charge on any atom is 0.122 e. The van der Waals surface area contributed by atoms with Gasteiger partial charge in [-0.1, -0.05) is 32.4 Å². The van der Waals surface area contributed by atoms with Gasteiger partial charge in [0, 0.05) is 17.5 Å². The molecular weight excluding hydrogens is 246 g/mol. The lowest BCUT2D eigenvalue weighted by atomic mass is 10.0. The first-order valence-electron chi connectivity index (χ1n) is 6.53. The minimum Gasteiger partial charge on any atom is -0.493 e.